The van der Waals surface area contributed by atoms with Crippen LogP contribution in [0.3, 0.4) is 0 Å². The highest BCUT2D eigenvalue weighted by molar-refractivity contribution is 5.60. The third-order valence-corrected chi connectivity index (χ3v) is 2.49. The fourth-order valence-electron chi connectivity index (χ4n) is 1.66. The summed E-state index contributed by atoms with van der Waals surface area (Å²) < 4.78 is 5.27. The second-order valence-electron chi connectivity index (χ2n) is 3.61. The molecule has 0 N–H and O–H groups in total. The molecule has 1 aliphatic heterocycles. The molecule has 3 nitrogen and oxygen atoms in total. The van der Waals surface area contributed by atoms with Gasteiger partial charge in [0.15, 0.2) is 0 Å². The molecule has 0 unspecified atom stereocenters. The number of fused-ring (bicyclic) bond motifs is 1. The van der Waals surface area contributed by atoms with Crippen molar-refractivity contribution in [3.8, 4) is 11.3 Å². The van der Waals surface area contributed by atoms with Gasteiger partial charge in [-0.3, -0.25) is 0 Å². The summed E-state index contributed by atoms with van der Waals surface area (Å²) in [6.07, 6.45) is 1.68. The maximum absolute atomic E-state index is 5.55. The van der Waals surface area contributed by atoms with Crippen molar-refractivity contribution < 1.29 is 9.36 Å². The quantitative estimate of drug-likeness (QED) is 0.669. The first-order valence-corrected chi connectivity index (χ1v) is 5.16. The second-order valence-corrected chi connectivity index (χ2v) is 3.61. The molecule has 3 rings (SSSR count). The van der Waals surface area contributed by atoms with Gasteiger partial charge in [0.1, 0.15) is 18.6 Å². The Kier molecular flexibility index (Phi) is 2.14. The summed E-state index contributed by atoms with van der Waals surface area (Å²) in [6, 6.07) is 15.9. The summed E-state index contributed by atoms with van der Waals surface area (Å²) in [5, 5.41) is 0. The van der Waals surface area contributed by atoms with Crippen LogP contribution in [0, 0.1) is 0 Å². The zero-order valence-electron chi connectivity index (χ0n) is 8.67. The van der Waals surface area contributed by atoms with E-state index in [9.17, 15) is 0 Å². The third kappa shape index (κ3) is 1.56. The van der Waals surface area contributed by atoms with Crippen LogP contribution in [-0.4, -0.2) is 4.90 Å². The van der Waals surface area contributed by atoms with Gasteiger partial charge in [-0.1, -0.05) is 36.4 Å². The Morgan fingerprint density at radius 3 is 2.75 bits per heavy atom. The molecule has 0 saturated carbocycles. The van der Waals surface area contributed by atoms with Gasteiger partial charge in [-0.2, -0.15) is 0 Å². The minimum absolute atomic E-state index is 0.499. The lowest BCUT2D eigenvalue weighted by Gasteiger charge is -2.05. The zero-order chi connectivity index (χ0) is 10.8. The van der Waals surface area contributed by atoms with Crippen molar-refractivity contribution in [3.63, 3.8) is 0 Å². The molecule has 0 amide bonds. The molecule has 16 heavy (non-hydrogen) atoms. The summed E-state index contributed by atoms with van der Waals surface area (Å²) in [6.45, 7) is 0.499. The largest absolute Gasteiger partial charge is 0.380 e. The van der Waals surface area contributed by atoms with E-state index in [1.807, 2.05) is 48.5 Å². The van der Waals surface area contributed by atoms with Crippen LogP contribution >= 0.6 is 0 Å². The van der Waals surface area contributed by atoms with Gasteiger partial charge in [0.05, 0.1) is 0 Å². The van der Waals surface area contributed by atoms with Crippen molar-refractivity contribution in [2.75, 3.05) is 0 Å². The molecular weight excluding hydrogens is 202 g/mol. The summed E-state index contributed by atoms with van der Waals surface area (Å²) in [4.78, 5) is 7.00. The number of benzene rings is 1. The lowest BCUT2D eigenvalue weighted by atomic mass is 10.2. The maximum atomic E-state index is 5.55. The molecule has 1 aliphatic carbocycles. The molecule has 1 heterocycles. The van der Waals surface area contributed by atoms with Crippen molar-refractivity contribution >= 4 is 0 Å². The van der Waals surface area contributed by atoms with E-state index >= 15 is 0 Å². The van der Waals surface area contributed by atoms with Crippen LogP contribution in [0.2, 0.25) is 0 Å². The molecule has 0 aromatic heterocycles. The lowest BCUT2D eigenvalue weighted by Crippen LogP contribution is -2.10. The zero-order valence-corrected chi connectivity index (χ0v) is 8.67. The van der Waals surface area contributed by atoms with E-state index in [4.69, 9.17) is 9.36 Å². The van der Waals surface area contributed by atoms with Crippen LogP contribution in [0.15, 0.2) is 59.3 Å². The average molecular weight is 213 g/mol. The highest BCUT2D eigenvalue weighted by atomic mass is 16.8. The van der Waals surface area contributed by atoms with Crippen LogP contribution in [0.1, 0.15) is 5.56 Å². The van der Waals surface area contributed by atoms with Gasteiger partial charge in [-0.05, 0) is 22.6 Å². The first-order chi connectivity index (χ1) is 7.93. The van der Waals surface area contributed by atoms with Crippen molar-refractivity contribution in [2.45, 2.75) is 6.61 Å². The number of hydrogen-bond acceptors (Lipinski definition) is 2. The fraction of sp³-hybridized carbons (Fsp3) is 0.0769. The van der Waals surface area contributed by atoms with Crippen molar-refractivity contribution in [3.05, 3.63) is 60.4 Å². The Hall–Kier alpha value is -2.16. The molecule has 0 radical (unpaired) electrons. The van der Waals surface area contributed by atoms with Crippen LogP contribution in [-0.2, 0) is 6.61 Å². The Bertz CT molecular complexity index is 538. The summed E-state index contributed by atoms with van der Waals surface area (Å²) in [5.41, 5.74) is 3.12. The average Bonchev–Trinajstić information content (AvgIpc) is 2.90. The minimum Gasteiger partial charge on any atom is -0.380 e. The van der Waals surface area contributed by atoms with Gasteiger partial charge in [-0.15, -0.1) is 0 Å². The summed E-state index contributed by atoms with van der Waals surface area (Å²) in [7, 11) is 0. The van der Waals surface area contributed by atoms with E-state index < -0.39 is 0 Å². The molecule has 0 saturated heterocycles. The van der Waals surface area contributed by atoms with Crippen molar-refractivity contribution in [1.29, 1.82) is 0 Å². The smallest absolute Gasteiger partial charge is 0.143 e. The van der Waals surface area contributed by atoms with Gasteiger partial charge in [0, 0.05) is 5.56 Å². The van der Waals surface area contributed by atoms with Gasteiger partial charge in [0.2, 0.25) is 0 Å². The monoisotopic (exact) mass is 213 g/mol. The number of nitrogens with zero attached hydrogens (tertiary/aromatic N) is 1. The van der Waals surface area contributed by atoms with Crippen LogP contribution in [0.4, 0.5) is 0 Å². The molecule has 0 fully saturated rings. The first kappa shape index (κ1) is 9.09. The van der Waals surface area contributed by atoms with Gasteiger partial charge in [0.25, 0.3) is 0 Å². The number of aromatic nitrogens is 1. The standard InChI is InChI=1S/C13H11NO2/c1-2-5-11(6-3-1)9-15-14-13-8-4-7-12(13)10-16-14/h1-8,10H,9H2. The van der Waals surface area contributed by atoms with E-state index in [1.54, 1.807) is 6.26 Å². The van der Waals surface area contributed by atoms with Gasteiger partial charge < -0.3 is 9.36 Å². The Balaban J connectivity index is 1.75. The molecule has 0 spiro atoms. The molecule has 1 aromatic rings. The van der Waals surface area contributed by atoms with Crippen LogP contribution in [0.5, 0.6) is 0 Å². The predicted octanol–water partition coefficient (Wildman–Crippen LogP) is 2.81. The summed E-state index contributed by atoms with van der Waals surface area (Å²) >= 11 is 0. The Morgan fingerprint density at radius 1 is 1.00 bits per heavy atom. The molecule has 1 aromatic carbocycles. The first-order valence-electron chi connectivity index (χ1n) is 5.16. The molecule has 0 bridgehead atoms. The highest BCUT2D eigenvalue weighted by Crippen LogP contribution is 2.23. The maximum Gasteiger partial charge on any atom is 0.143 e. The van der Waals surface area contributed by atoms with Gasteiger partial charge >= 0.3 is 0 Å². The van der Waals surface area contributed by atoms with E-state index in [-0.39, 0.29) is 0 Å². The molecule has 2 aliphatic rings. The number of rotatable bonds is 3. The third-order valence-electron chi connectivity index (χ3n) is 2.49. The summed E-state index contributed by atoms with van der Waals surface area (Å²) in [5.74, 6) is 0. The topological polar surface area (TPSA) is 27.3 Å². The highest BCUT2D eigenvalue weighted by Gasteiger charge is 2.11. The Morgan fingerprint density at radius 2 is 1.88 bits per heavy atom. The predicted molar refractivity (Wildman–Crippen MR) is 60.0 cm³/mol. The second kappa shape index (κ2) is 3.77. The molecular formula is C13H11NO2. The van der Waals surface area contributed by atoms with E-state index in [0.29, 0.717) is 6.61 Å². The normalized spacial score (nSPS) is 10.8. The van der Waals surface area contributed by atoms with Crippen molar-refractivity contribution in [1.82, 2.24) is 4.90 Å². The van der Waals surface area contributed by atoms with E-state index in [0.717, 1.165) is 16.8 Å². The molecule has 0 atom stereocenters. The minimum atomic E-state index is 0.499. The van der Waals surface area contributed by atoms with Crippen molar-refractivity contribution in [2.24, 2.45) is 0 Å². The lowest BCUT2D eigenvalue weighted by molar-refractivity contribution is -0.0289. The number of hydrogen-bond donors (Lipinski definition) is 0. The van der Waals surface area contributed by atoms with Gasteiger partial charge in [-0.25, -0.2) is 0 Å². The SMILES string of the molecule is c1ccc(COn2occ3cccc2-3)cc1. The fourth-order valence-corrected chi connectivity index (χ4v) is 1.66. The van der Waals surface area contributed by atoms with Crippen LogP contribution < -0.4 is 4.84 Å². The Labute approximate surface area is 93.1 Å². The molecule has 3 heteroatoms. The van der Waals surface area contributed by atoms with E-state index in [1.165, 1.54) is 4.90 Å². The van der Waals surface area contributed by atoms with E-state index in [2.05, 4.69) is 0 Å². The molecule has 80 valence electrons. The van der Waals surface area contributed by atoms with Crippen LogP contribution in [0.25, 0.3) is 11.3 Å².